The van der Waals surface area contributed by atoms with Gasteiger partial charge in [-0.1, -0.05) is 18.2 Å². The molecule has 1 aliphatic rings. The highest BCUT2D eigenvalue weighted by Gasteiger charge is 2.23. The van der Waals surface area contributed by atoms with Crippen molar-refractivity contribution in [3.63, 3.8) is 0 Å². The average molecular weight is 271 g/mol. The van der Waals surface area contributed by atoms with Crippen LogP contribution in [0.25, 0.3) is 0 Å². The van der Waals surface area contributed by atoms with Gasteiger partial charge in [-0.25, -0.2) is 0 Å². The molecule has 20 heavy (non-hydrogen) atoms. The summed E-state index contributed by atoms with van der Waals surface area (Å²) in [6, 6.07) is 10.8. The lowest BCUT2D eigenvalue weighted by molar-refractivity contribution is 0.312. The van der Waals surface area contributed by atoms with Crippen molar-refractivity contribution in [2.75, 3.05) is 6.61 Å². The molecular formula is C17H21NO2. The number of rotatable bonds is 3. The van der Waals surface area contributed by atoms with Crippen molar-refractivity contribution in [1.29, 1.82) is 0 Å². The molecule has 0 spiro atoms. The molecule has 0 aliphatic carbocycles. The van der Waals surface area contributed by atoms with Crippen LogP contribution in [0.1, 0.15) is 48.7 Å². The fourth-order valence-electron chi connectivity index (χ4n) is 2.86. The zero-order chi connectivity index (χ0) is 13.9. The number of aryl methyl sites for hydroxylation is 1. The third kappa shape index (κ3) is 2.59. The van der Waals surface area contributed by atoms with Gasteiger partial charge in [0.25, 0.3) is 0 Å². The molecule has 3 nitrogen and oxygen atoms in total. The van der Waals surface area contributed by atoms with Crippen LogP contribution >= 0.6 is 0 Å². The first-order valence-corrected chi connectivity index (χ1v) is 7.27. The van der Waals surface area contributed by atoms with Gasteiger partial charge in [0.1, 0.15) is 11.5 Å². The van der Waals surface area contributed by atoms with Gasteiger partial charge in [0.05, 0.1) is 18.9 Å². The summed E-state index contributed by atoms with van der Waals surface area (Å²) in [4.78, 5) is 0. The predicted octanol–water partition coefficient (Wildman–Crippen LogP) is 4.15. The Labute approximate surface area is 119 Å². The quantitative estimate of drug-likeness (QED) is 0.910. The second-order valence-corrected chi connectivity index (χ2v) is 5.44. The van der Waals surface area contributed by atoms with E-state index in [1.54, 1.807) is 6.26 Å². The van der Waals surface area contributed by atoms with Gasteiger partial charge in [-0.2, -0.15) is 0 Å². The van der Waals surface area contributed by atoms with Crippen molar-refractivity contribution in [3.8, 4) is 5.75 Å². The third-order valence-electron chi connectivity index (χ3n) is 3.92. The molecule has 2 atom stereocenters. The standard InChI is InChI=1S/C17H21NO2/c1-12-6-3-7-14-15(8-4-11-20-17(12)14)18-13(2)16-9-5-10-19-16/h3,5-7,9-10,13,15,18H,4,8,11H2,1-2H3/t13-,15?/m1/s1. The summed E-state index contributed by atoms with van der Waals surface area (Å²) in [6.07, 6.45) is 3.87. The number of fused-ring (bicyclic) bond motifs is 1. The van der Waals surface area contributed by atoms with Crippen molar-refractivity contribution in [3.05, 3.63) is 53.5 Å². The number of hydrogen-bond donors (Lipinski definition) is 1. The van der Waals surface area contributed by atoms with Gasteiger partial charge in [-0.15, -0.1) is 0 Å². The van der Waals surface area contributed by atoms with Crippen LogP contribution in [0, 0.1) is 6.92 Å². The molecule has 0 saturated carbocycles. The summed E-state index contributed by atoms with van der Waals surface area (Å²) >= 11 is 0. The van der Waals surface area contributed by atoms with Gasteiger partial charge in [-0.3, -0.25) is 0 Å². The van der Waals surface area contributed by atoms with E-state index in [4.69, 9.17) is 9.15 Å². The molecular weight excluding hydrogens is 250 g/mol. The Morgan fingerprint density at radius 1 is 1.25 bits per heavy atom. The first kappa shape index (κ1) is 13.3. The van der Waals surface area contributed by atoms with Gasteiger partial charge >= 0.3 is 0 Å². The normalized spacial score (nSPS) is 19.8. The van der Waals surface area contributed by atoms with Gasteiger partial charge in [-0.05, 0) is 44.4 Å². The minimum absolute atomic E-state index is 0.196. The Bertz CT molecular complexity index is 562. The lowest BCUT2D eigenvalue weighted by atomic mass is 9.99. The molecule has 3 heteroatoms. The van der Waals surface area contributed by atoms with Gasteiger partial charge in [0, 0.05) is 11.6 Å². The van der Waals surface area contributed by atoms with Gasteiger partial charge in [0.2, 0.25) is 0 Å². The molecule has 0 radical (unpaired) electrons. The van der Waals surface area contributed by atoms with Crippen molar-refractivity contribution < 1.29 is 9.15 Å². The Kier molecular flexibility index (Phi) is 3.79. The number of hydrogen-bond acceptors (Lipinski definition) is 3. The van der Waals surface area contributed by atoms with Crippen LogP contribution < -0.4 is 10.1 Å². The van der Waals surface area contributed by atoms with E-state index in [9.17, 15) is 0 Å². The smallest absolute Gasteiger partial charge is 0.126 e. The first-order valence-electron chi connectivity index (χ1n) is 7.27. The summed E-state index contributed by atoms with van der Waals surface area (Å²) < 4.78 is 11.4. The van der Waals surface area contributed by atoms with Crippen LogP contribution in [0.2, 0.25) is 0 Å². The highest BCUT2D eigenvalue weighted by molar-refractivity contribution is 5.43. The molecule has 0 amide bonds. The molecule has 0 saturated heterocycles. The Balaban J connectivity index is 1.85. The number of furan rings is 1. The van der Waals surface area contributed by atoms with E-state index in [0.29, 0.717) is 6.04 Å². The molecule has 106 valence electrons. The highest BCUT2D eigenvalue weighted by atomic mass is 16.5. The van der Waals surface area contributed by atoms with Crippen molar-refractivity contribution in [2.45, 2.75) is 38.8 Å². The maximum Gasteiger partial charge on any atom is 0.126 e. The van der Waals surface area contributed by atoms with Crippen LogP contribution in [0.5, 0.6) is 5.75 Å². The Morgan fingerprint density at radius 2 is 2.15 bits per heavy atom. The second-order valence-electron chi connectivity index (χ2n) is 5.44. The van der Waals surface area contributed by atoms with Crippen LogP contribution in [0.4, 0.5) is 0 Å². The zero-order valence-electron chi connectivity index (χ0n) is 12.1. The molecule has 1 aliphatic heterocycles. The highest BCUT2D eigenvalue weighted by Crippen LogP contribution is 2.35. The maximum absolute atomic E-state index is 5.92. The van der Waals surface area contributed by atoms with Gasteiger partial charge in [0.15, 0.2) is 0 Å². The number of nitrogens with one attached hydrogen (secondary N) is 1. The lowest BCUT2D eigenvalue weighted by Gasteiger charge is -2.22. The van der Waals surface area contributed by atoms with Gasteiger partial charge < -0.3 is 14.5 Å². The summed E-state index contributed by atoms with van der Waals surface area (Å²) in [5, 5.41) is 3.67. The zero-order valence-corrected chi connectivity index (χ0v) is 12.1. The molecule has 2 heterocycles. The summed E-state index contributed by atoms with van der Waals surface area (Å²) in [5.74, 6) is 2.03. The van der Waals surface area contributed by atoms with Crippen molar-refractivity contribution >= 4 is 0 Å². The maximum atomic E-state index is 5.92. The van der Waals surface area contributed by atoms with Crippen LogP contribution in [-0.4, -0.2) is 6.61 Å². The monoisotopic (exact) mass is 271 g/mol. The van der Waals surface area contributed by atoms with E-state index in [0.717, 1.165) is 31.0 Å². The summed E-state index contributed by atoms with van der Waals surface area (Å²) in [7, 11) is 0. The summed E-state index contributed by atoms with van der Waals surface area (Å²) in [5.41, 5.74) is 2.47. The van der Waals surface area contributed by atoms with E-state index < -0.39 is 0 Å². The molecule has 1 unspecified atom stereocenters. The predicted molar refractivity (Wildman–Crippen MR) is 78.9 cm³/mol. The summed E-state index contributed by atoms with van der Waals surface area (Å²) in [6.45, 7) is 5.04. The van der Waals surface area contributed by atoms with Crippen LogP contribution in [0.3, 0.4) is 0 Å². The number of para-hydroxylation sites is 1. The van der Waals surface area contributed by atoms with E-state index in [1.165, 1.54) is 11.1 Å². The molecule has 2 aromatic rings. The minimum atomic E-state index is 0.196. The topological polar surface area (TPSA) is 34.4 Å². The number of ether oxygens (including phenoxy) is 1. The van der Waals surface area contributed by atoms with Crippen LogP contribution in [0.15, 0.2) is 41.0 Å². The van der Waals surface area contributed by atoms with E-state index in [2.05, 4.69) is 37.4 Å². The fraction of sp³-hybridized carbons (Fsp3) is 0.412. The Morgan fingerprint density at radius 3 is 2.95 bits per heavy atom. The Hall–Kier alpha value is -1.74. The van der Waals surface area contributed by atoms with Crippen molar-refractivity contribution in [2.24, 2.45) is 0 Å². The molecule has 1 N–H and O–H groups in total. The van der Waals surface area contributed by atoms with Crippen molar-refractivity contribution in [1.82, 2.24) is 5.32 Å². The SMILES string of the molecule is Cc1cccc2c1OCCCC2N[C@H](C)c1ccco1. The molecule has 1 aromatic heterocycles. The van der Waals surface area contributed by atoms with E-state index >= 15 is 0 Å². The first-order chi connectivity index (χ1) is 9.75. The lowest BCUT2D eigenvalue weighted by Crippen LogP contribution is -2.24. The van der Waals surface area contributed by atoms with Crippen LogP contribution in [-0.2, 0) is 0 Å². The molecule has 0 bridgehead atoms. The molecule has 1 aromatic carbocycles. The third-order valence-corrected chi connectivity index (χ3v) is 3.92. The molecule has 3 rings (SSSR count). The second kappa shape index (κ2) is 5.71. The minimum Gasteiger partial charge on any atom is -0.493 e. The van der Waals surface area contributed by atoms with E-state index in [1.807, 2.05) is 12.1 Å². The largest absolute Gasteiger partial charge is 0.493 e. The van der Waals surface area contributed by atoms with E-state index in [-0.39, 0.29) is 6.04 Å². The fourth-order valence-corrected chi connectivity index (χ4v) is 2.86. The molecule has 0 fully saturated rings. The average Bonchev–Trinajstić information content (AvgIpc) is 2.90. The number of benzene rings is 1.